The number of rotatable bonds is 2. The molecule has 0 aliphatic carbocycles. The first-order valence-corrected chi connectivity index (χ1v) is 5.93. The highest BCUT2D eigenvalue weighted by atomic mass is 127. The van der Waals surface area contributed by atoms with Crippen LogP contribution in [-0.4, -0.2) is 16.5 Å². The molecule has 3 nitrogen and oxygen atoms in total. The smallest absolute Gasteiger partial charge is 0.180 e. The van der Waals surface area contributed by atoms with Gasteiger partial charge in [-0.15, -0.1) is 0 Å². The van der Waals surface area contributed by atoms with Gasteiger partial charge in [0.25, 0.3) is 0 Å². The monoisotopic (exact) mass is 316 g/mol. The van der Waals surface area contributed by atoms with E-state index in [4.69, 9.17) is 4.74 Å². The number of nitrogens with zero attached hydrogens (tertiary/aromatic N) is 2. The number of pyridine rings is 1. The molecule has 0 amide bonds. The topological polar surface area (TPSA) is 26.5 Å². The second-order valence-corrected chi connectivity index (χ2v) is 4.73. The predicted molar refractivity (Wildman–Crippen MR) is 68.6 cm³/mol. The van der Waals surface area contributed by atoms with Gasteiger partial charge < -0.3 is 4.74 Å². The van der Waals surface area contributed by atoms with Crippen molar-refractivity contribution in [1.82, 2.24) is 9.38 Å². The van der Waals surface area contributed by atoms with Crippen molar-refractivity contribution in [1.29, 1.82) is 0 Å². The molecular formula is C11H13IN2O. The lowest BCUT2D eigenvalue weighted by molar-refractivity contribution is 0.417. The maximum atomic E-state index is 5.29. The van der Waals surface area contributed by atoms with Crippen molar-refractivity contribution in [3.05, 3.63) is 27.7 Å². The molecule has 0 unspecified atom stereocenters. The van der Waals surface area contributed by atoms with E-state index in [0.717, 1.165) is 20.8 Å². The van der Waals surface area contributed by atoms with E-state index in [-0.39, 0.29) is 0 Å². The summed E-state index contributed by atoms with van der Waals surface area (Å²) in [5.74, 6) is 1.25. The molecule has 0 aliphatic heterocycles. The van der Waals surface area contributed by atoms with E-state index < -0.39 is 0 Å². The molecule has 0 N–H and O–H groups in total. The van der Waals surface area contributed by atoms with Crippen LogP contribution >= 0.6 is 22.6 Å². The van der Waals surface area contributed by atoms with Crippen molar-refractivity contribution < 1.29 is 4.74 Å². The Morgan fingerprint density at radius 2 is 2.20 bits per heavy atom. The summed E-state index contributed by atoms with van der Waals surface area (Å²) in [6.45, 7) is 4.30. The molecule has 2 heterocycles. The Balaban J connectivity index is 2.75. The molecule has 15 heavy (non-hydrogen) atoms. The average Bonchev–Trinajstić information content (AvgIpc) is 2.56. The normalized spacial score (nSPS) is 11.3. The van der Waals surface area contributed by atoms with Gasteiger partial charge in [-0.3, -0.25) is 4.40 Å². The van der Waals surface area contributed by atoms with Gasteiger partial charge in [0.15, 0.2) is 11.4 Å². The number of imidazole rings is 1. The summed E-state index contributed by atoms with van der Waals surface area (Å²) in [6, 6.07) is 3.91. The van der Waals surface area contributed by atoms with E-state index >= 15 is 0 Å². The largest absolute Gasteiger partial charge is 0.493 e. The maximum absolute atomic E-state index is 5.29. The zero-order valence-corrected chi connectivity index (χ0v) is 11.1. The number of hydrogen-bond acceptors (Lipinski definition) is 2. The molecule has 4 heteroatoms. The van der Waals surface area contributed by atoms with Crippen molar-refractivity contribution >= 4 is 28.2 Å². The van der Waals surface area contributed by atoms with E-state index in [2.05, 4.69) is 45.8 Å². The minimum absolute atomic E-state index is 0.432. The minimum Gasteiger partial charge on any atom is -0.493 e. The van der Waals surface area contributed by atoms with Crippen LogP contribution in [0.25, 0.3) is 5.65 Å². The zero-order valence-electron chi connectivity index (χ0n) is 8.99. The van der Waals surface area contributed by atoms with Gasteiger partial charge in [-0.1, -0.05) is 13.8 Å². The van der Waals surface area contributed by atoms with Gasteiger partial charge in [0, 0.05) is 6.20 Å². The molecule has 2 aromatic heterocycles. The number of aromatic nitrogens is 2. The highest BCUT2D eigenvalue weighted by molar-refractivity contribution is 14.1. The Kier molecular flexibility index (Phi) is 2.86. The number of halogens is 1. The summed E-state index contributed by atoms with van der Waals surface area (Å²) in [4.78, 5) is 4.61. The van der Waals surface area contributed by atoms with Gasteiger partial charge in [0.2, 0.25) is 0 Å². The summed E-state index contributed by atoms with van der Waals surface area (Å²) in [7, 11) is 1.67. The van der Waals surface area contributed by atoms with Crippen LogP contribution in [0.2, 0.25) is 0 Å². The Morgan fingerprint density at radius 1 is 1.47 bits per heavy atom. The third kappa shape index (κ3) is 1.71. The van der Waals surface area contributed by atoms with Crippen molar-refractivity contribution in [2.45, 2.75) is 19.8 Å². The van der Waals surface area contributed by atoms with Gasteiger partial charge in [-0.2, -0.15) is 0 Å². The third-order valence-corrected chi connectivity index (χ3v) is 3.42. The minimum atomic E-state index is 0.432. The van der Waals surface area contributed by atoms with E-state index in [1.165, 1.54) is 0 Å². The van der Waals surface area contributed by atoms with Gasteiger partial charge >= 0.3 is 0 Å². The fourth-order valence-electron chi connectivity index (χ4n) is 1.56. The van der Waals surface area contributed by atoms with Gasteiger partial charge in [0.05, 0.1) is 12.8 Å². The Morgan fingerprint density at radius 3 is 2.80 bits per heavy atom. The van der Waals surface area contributed by atoms with E-state index in [1.807, 2.05) is 18.3 Å². The standard InChI is InChI=1S/C11H13IN2O/c1-7(2)9-10(12)14-6-4-5-8(15-3)11(14)13-9/h4-7H,1-3H3. The molecule has 0 saturated heterocycles. The van der Waals surface area contributed by atoms with Gasteiger partial charge in [-0.25, -0.2) is 4.98 Å². The van der Waals surface area contributed by atoms with Gasteiger partial charge in [0.1, 0.15) is 3.70 Å². The Hall–Kier alpha value is -0.780. The lowest BCUT2D eigenvalue weighted by Crippen LogP contribution is -1.92. The van der Waals surface area contributed by atoms with E-state index in [0.29, 0.717) is 5.92 Å². The SMILES string of the molecule is COc1cccn2c(I)c(C(C)C)nc12. The molecule has 0 radical (unpaired) electrons. The molecule has 80 valence electrons. The summed E-state index contributed by atoms with van der Waals surface area (Å²) >= 11 is 2.33. The molecular weight excluding hydrogens is 303 g/mol. The second kappa shape index (κ2) is 4.00. The first-order valence-electron chi connectivity index (χ1n) is 4.85. The lowest BCUT2D eigenvalue weighted by atomic mass is 10.2. The van der Waals surface area contributed by atoms with Crippen LogP contribution < -0.4 is 4.74 Å². The summed E-state index contributed by atoms with van der Waals surface area (Å²) in [6.07, 6.45) is 2.01. The first kappa shape index (κ1) is 10.7. The van der Waals surface area contributed by atoms with Crippen LogP contribution in [0.3, 0.4) is 0 Å². The molecule has 0 fully saturated rings. The van der Waals surface area contributed by atoms with Crippen LogP contribution in [0, 0.1) is 3.70 Å². The highest BCUT2D eigenvalue weighted by Crippen LogP contribution is 2.26. The van der Waals surface area contributed by atoms with Crippen LogP contribution in [0.15, 0.2) is 18.3 Å². The second-order valence-electron chi connectivity index (χ2n) is 3.71. The van der Waals surface area contributed by atoms with Crippen molar-refractivity contribution in [2.24, 2.45) is 0 Å². The molecule has 0 bridgehead atoms. The molecule has 2 aromatic rings. The number of hydrogen-bond donors (Lipinski definition) is 0. The van der Waals surface area contributed by atoms with Gasteiger partial charge in [-0.05, 0) is 40.6 Å². The fraction of sp³-hybridized carbons (Fsp3) is 0.364. The van der Waals surface area contributed by atoms with Crippen molar-refractivity contribution in [2.75, 3.05) is 7.11 Å². The number of fused-ring (bicyclic) bond motifs is 1. The summed E-state index contributed by atoms with van der Waals surface area (Å²) in [5.41, 5.74) is 2.02. The predicted octanol–water partition coefficient (Wildman–Crippen LogP) is 3.07. The summed E-state index contributed by atoms with van der Waals surface area (Å²) < 4.78 is 8.52. The maximum Gasteiger partial charge on any atom is 0.180 e. The molecule has 0 atom stereocenters. The van der Waals surface area contributed by atoms with E-state index in [1.54, 1.807) is 7.11 Å². The van der Waals surface area contributed by atoms with Crippen molar-refractivity contribution in [3.8, 4) is 5.75 Å². The first-order chi connectivity index (χ1) is 7.15. The fourth-order valence-corrected chi connectivity index (χ4v) is 2.69. The summed E-state index contributed by atoms with van der Waals surface area (Å²) in [5, 5.41) is 0. The average molecular weight is 316 g/mol. The zero-order chi connectivity index (χ0) is 11.0. The molecule has 0 aromatic carbocycles. The Bertz CT molecular complexity index is 491. The van der Waals surface area contributed by atoms with Crippen LogP contribution in [0.5, 0.6) is 5.75 Å². The van der Waals surface area contributed by atoms with Crippen LogP contribution in [-0.2, 0) is 0 Å². The highest BCUT2D eigenvalue weighted by Gasteiger charge is 2.14. The Labute approximate surface area is 103 Å². The molecule has 0 aliphatic rings. The number of methoxy groups -OCH3 is 1. The third-order valence-electron chi connectivity index (χ3n) is 2.35. The van der Waals surface area contributed by atoms with Crippen LogP contribution in [0.4, 0.5) is 0 Å². The van der Waals surface area contributed by atoms with Crippen LogP contribution in [0.1, 0.15) is 25.5 Å². The molecule has 0 saturated carbocycles. The van der Waals surface area contributed by atoms with Crippen molar-refractivity contribution in [3.63, 3.8) is 0 Å². The quantitative estimate of drug-likeness (QED) is 0.796. The lowest BCUT2D eigenvalue weighted by Gasteiger charge is -2.01. The molecule has 2 rings (SSSR count). The number of ether oxygens (including phenoxy) is 1. The molecule has 0 spiro atoms. The van der Waals surface area contributed by atoms with E-state index in [9.17, 15) is 0 Å².